The van der Waals surface area contributed by atoms with Gasteiger partial charge in [-0.25, -0.2) is 0 Å². The third-order valence-electron chi connectivity index (χ3n) is 4.31. The average molecular weight is 309 g/mol. The molecule has 3 nitrogen and oxygen atoms in total. The van der Waals surface area contributed by atoms with Gasteiger partial charge in [-0.15, -0.1) is 0 Å². The van der Waals surface area contributed by atoms with Gasteiger partial charge in [-0.2, -0.15) is 0 Å². The van der Waals surface area contributed by atoms with Crippen LogP contribution in [0.5, 0.6) is 0 Å². The first-order valence-corrected chi connectivity index (χ1v) is 7.66. The van der Waals surface area contributed by atoms with E-state index in [4.69, 9.17) is 16.3 Å². The van der Waals surface area contributed by atoms with Crippen molar-refractivity contribution in [3.63, 3.8) is 0 Å². The van der Waals surface area contributed by atoms with Crippen molar-refractivity contribution in [1.82, 2.24) is 0 Å². The Kier molecular flexibility index (Phi) is 4.43. The summed E-state index contributed by atoms with van der Waals surface area (Å²) in [5.74, 6) is -0.404. The predicted molar refractivity (Wildman–Crippen MR) is 82.2 cm³/mol. The lowest BCUT2D eigenvalue weighted by molar-refractivity contribution is -0.160. The van der Waals surface area contributed by atoms with E-state index >= 15 is 0 Å². The van der Waals surface area contributed by atoms with Crippen molar-refractivity contribution in [2.75, 3.05) is 6.61 Å². The lowest BCUT2D eigenvalue weighted by Crippen LogP contribution is -2.42. The minimum atomic E-state index is -1.05. The number of Topliss-reactive ketones (excluding diaryl/α,β-unsaturated/α-hetero) is 1. The molecule has 1 atom stereocenters. The highest BCUT2D eigenvalue weighted by Gasteiger charge is 2.57. The average Bonchev–Trinajstić information content (AvgIpc) is 2.67. The van der Waals surface area contributed by atoms with Crippen LogP contribution < -0.4 is 0 Å². The van der Waals surface area contributed by atoms with Gasteiger partial charge in [-0.05, 0) is 43.9 Å². The van der Waals surface area contributed by atoms with Gasteiger partial charge in [0.1, 0.15) is 5.41 Å². The third-order valence-corrected chi connectivity index (χ3v) is 4.56. The number of carbonyl (C=O) groups is 2. The van der Waals surface area contributed by atoms with Gasteiger partial charge < -0.3 is 4.74 Å². The maximum absolute atomic E-state index is 12.8. The van der Waals surface area contributed by atoms with Gasteiger partial charge in [0.15, 0.2) is 5.78 Å². The summed E-state index contributed by atoms with van der Waals surface area (Å²) >= 11 is 5.89. The lowest BCUT2D eigenvalue weighted by atomic mass is 9.75. The van der Waals surface area contributed by atoms with Crippen molar-refractivity contribution >= 4 is 23.4 Å². The molecule has 1 aromatic rings. The molecule has 1 aromatic carbocycles. The van der Waals surface area contributed by atoms with Crippen LogP contribution in [0.25, 0.3) is 0 Å². The van der Waals surface area contributed by atoms with Crippen LogP contribution in [0.4, 0.5) is 0 Å². The summed E-state index contributed by atoms with van der Waals surface area (Å²) in [6.07, 6.45) is 1.63. The second kappa shape index (κ2) is 5.80. The highest BCUT2D eigenvalue weighted by atomic mass is 35.5. The molecule has 114 valence electrons. The number of benzene rings is 1. The molecule has 0 spiro atoms. The molecule has 21 heavy (non-hydrogen) atoms. The van der Waals surface area contributed by atoms with Crippen LogP contribution in [0.2, 0.25) is 5.02 Å². The zero-order valence-electron chi connectivity index (χ0n) is 12.7. The van der Waals surface area contributed by atoms with Crippen LogP contribution >= 0.6 is 11.6 Å². The van der Waals surface area contributed by atoms with Gasteiger partial charge in [0, 0.05) is 10.4 Å². The fourth-order valence-electron chi connectivity index (χ4n) is 3.06. The van der Waals surface area contributed by atoms with Crippen molar-refractivity contribution < 1.29 is 14.3 Å². The van der Waals surface area contributed by atoms with Gasteiger partial charge in [-0.1, -0.05) is 37.6 Å². The first-order valence-electron chi connectivity index (χ1n) is 7.28. The molecule has 0 bridgehead atoms. The summed E-state index contributed by atoms with van der Waals surface area (Å²) in [4.78, 5) is 25.3. The van der Waals surface area contributed by atoms with Gasteiger partial charge in [0.25, 0.3) is 0 Å². The quantitative estimate of drug-likeness (QED) is 0.627. The monoisotopic (exact) mass is 308 g/mol. The molecule has 1 fully saturated rings. The Bertz CT molecular complexity index is 548. The SMILES string of the molecule is CCOC(=O)C1(Cc2ccc(Cl)cc2)CCC(C)(C)C1=O. The summed E-state index contributed by atoms with van der Waals surface area (Å²) < 4.78 is 5.20. The van der Waals surface area contributed by atoms with E-state index in [1.807, 2.05) is 26.0 Å². The van der Waals surface area contributed by atoms with Crippen LogP contribution in [0.1, 0.15) is 39.2 Å². The fourth-order valence-corrected chi connectivity index (χ4v) is 3.18. The summed E-state index contributed by atoms with van der Waals surface area (Å²) in [7, 11) is 0. The normalized spacial score (nSPS) is 24.1. The fraction of sp³-hybridized carbons (Fsp3) is 0.529. The zero-order valence-corrected chi connectivity index (χ0v) is 13.5. The molecule has 0 aromatic heterocycles. The summed E-state index contributed by atoms with van der Waals surface area (Å²) in [6.45, 7) is 5.85. The van der Waals surface area contributed by atoms with E-state index in [2.05, 4.69) is 0 Å². The second-order valence-electron chi connectivity index (χ2n) is 6.32. The first kappa shape index (κ1) is 16.0. The molecule has 4 heteroatoms. The van der Waals surface area contributed by atoms with Crippen LogP contribution in [0, 0.1) is 10.8 Å². The van der Waals surface area contributed by atoms with Gasteiger partial charge in [0.2, 0.25) is 0 Å². The first-order chi connectivity index (χ1) is 9.82. The molecule has 0 aliphatic heterocycles. The molecule has 1 unspecified atom stereocenters. The van der Waals surface area contributed by atoms with E-state index in [9.17, 15) is 9.59 Å². The number of hydrogen-bond acceptors (Lipinski definition) is 3. The van der Waals surface area contributed by atoms with E-state index in [-0.39, 0.29) is 12.4 Å². The number of ether oxygens (including phenoxy) is 1. The molecule has 1 aliphatic rings. The summed E-state index contributed by atoms with van der Waals surface area (Å²) in [5, 5.41) is 0.641. The maximum Gasteiger partial charge on any atom is 0.319 e. The highest BCUT2D eigenvalue weighted by Crippen LogP contribution is 2.48. The van der Waals surface area contributed by atoms with Gasteiger partial charge in [-0.3, -0.25) is 9.59 Å². The van der Waals surface area contributed by atoms with Crippen molar-refractivity contribution in [2.24, 2.45) is 10.8 Å². The molecule has 0 heterocycles. The van der Waals surface area contributed by atoms with Crippen molar-refractivity contribution in [1.29, 1.82) is 0 Å². The van der Waals surface area contributed by atoms with E-state index in [0.29, 0.717) is 24.3 Å². The topological polar surface area (TPSA) is 43.4 Å². The molecule has 1 saturated carbocycles. The Morgan fingerprint density at radius 2 is 1.86 bits per heavy atom. The Morgan fingerprint density at radius 3 is 2.33 bits per heavy atom. The van der Waals surface area contributed by atoms with Crippen LogP contribution in [-0.4, -0.2) is 18.4 Å². The van der Waals surface area contributed by atoms with Gasteiger partial charge >= 0.3 is 5.97 Å². The summed E-state index contributed by atoms with van der Waals surface area (Å²) in [6, 6.07) is 7.28. The Balaban J connectivity index is 2.36. The number of ketones is 1. The molecular weight excluding hydrogens is 288 g/mol. The minimum Gasteiger partial charge on any atom is -0.465 e. The van der Waals surface area contributed by atoms with Crippen molar-refractivity contribution in [3.05, 3.63) is 34.9 Å². The van der Waals surface area contributed by atoms with Crippen LogP contribution in [0.3, 0.4) is 0 Å². The van der Waals surface area contributed by atoms with Crippen LogP contribution in [-0.2, 0) is 20.7 Å². The number of hydrogen-bond donors (Lipinski definition) is 0. The Hall–Kier alpha value is -1.35. The summed E-state index contributed by atoms with van der Waals surface area (Å²) in [5.41, 5.74) is -0.592. The van der Waals surface area contributed by atoms with Gasteiger partial charge in [0.05, 0.1) is 6.61 Å². The number of halogens is 1. The smallest absolute Gasteiger partial charge is 0.319 e. The number of esters is 1. The molecular formula is C17H21ClO3. The largest absolute Gasteiger partial charge is 0.465 e. The molecule has 2 rings (SSSR count). The molecule has 0 amide bonds. The van der Waals surface area contributed by atoms with E-state index in [1.54, 1.807) is 19.1 Å². The Morgan fingerprint density at radius 1 is 1.24 bits per heavy atom. The van der Waals surface area contributed by atoms with E-state index < -0.39 is 16.8 Å². The number of rotatable bonds is 4. The standard InChI is InChI=1S/C17H21ClO3/c1-4-21-15(20)17(10-9-16(2,3)14(17)19)11-12-5-7-13(18)8-6-12/h5-8H,4,9-11H2,1-3H3. The second-order valence-corrected chi connectivity index (χ2v) is 6.76. The van der Waals surface area contributed by atoms with Crippen molar-refractivity contribution in [2.45, 2.75) is 40.0 Å². The molecule has 0 N–H and O–H groups in total. The van der Waals surface area contributed by atoms with E-state index in [1.165, 1.54) is 0 Å². The predicted octanol–water partition coefficient (Wildman–Crippen LogP) is 3.82. The maximum atomic E-state index is 12.8. The molecule has 1 aliphatic carbocycles. The zero-order chi connectivity index (χ0) is 15.7. The third kappa shape index (κ3) is 2.98. The van der Waals surface area contributed by atoms with Crippen molar-refractivity contribution in [3.8, 4) is 0 Å². The minimum absolute atomic E-state index is 0.0107. The molecule has 0 saturated heterocycles. The lowest BCUT2D eigenvalue weighted by Gasteiger charge is -2.27. The van der Waals surface area contributed by atoms with E-state index in [0.717, 1.165) is 5.56 Å². The highest BCUT2D eigenvalue weighted by molar-refractivity contribution is 6.30. The molecule has 0 radical (unpaired) electrons. The Labute approximate surface area is 130 Å². The number of carbonyl (C=O) groups excluding carboxylic acids is 2. The van der Waals surface area contributed by atoms with Crippen LogP contribution in [0.15, 0.2) is 24.3 Å².